The molecule has 1 aromatic heterocycles. The van der Waals surface area contributed by atoms with Gasteiger partial charge in [0, 0.05) is 24.5 Å². The lowest BCUT2D eigenvalue weighted by Gasteiger charge is -2.23. The van der Waals surface area contributed by atoms with Crippen molar-refractivity contribution < 1.29 is 0 Å². The van der Waals surface area contributed by atoms with Gasteiger partial charge in [-0.15, -0.1) is 0 Å². The van der Waals surface area contributed by atoms with E-state index in [-0.39, 0.29) is 0 Å². The maximum absolute atomic E-state index is 4.19. The third-order valence-corrected chi connectivity index (χ3v) is 3.98. The molecule has 0 aliphatic heterocycles. The number of hydrogen-bond acceptors (Lipinski definition) is 2. The smallest absolute Gasteiger partial charge is 0.0315 e. The lowest BCUT2D eigenvalue weighted by atomic mass is 9.91. The SMILES string of the molecule is CC(NC1CC(C)(C)CC1C)c1cccnc1. The highest BCUT2D eigenvalue weighted by molar-refractivity contribution is 5.13. The van der Waals surface area contributed by atoms with Crippen molar-refractivity contribution in [3.63, 3.8) is 0 Å². The van der Waals surface area contributed by atoms with Gasteiger partial charge in [-0.2, -0.15) is 0 Å². The molecule has 94 valence electrons. The van der Waals surface area contributed by atoms with Crippen molar-refractivity contribution in [3.05, 3.63) is 30.1 Å². The number of nitrogens with zero attached hydrogens (tertiary/aromatic N) is 1. The molecule has 1 aliphatic carbocycles. The Labute approximate surface area is 105 Å². The number of rotatable bonds is 3. The summed E-state index contributed by atoms with van der Waals surface area (Å²) in [6, 6.07) is 5.19. The van der Waals surface area contributed by atoms with Crippen LogP contribution in [0.15, 0.2) is 24.5 Å². The van der Waals surface area contributed by atoms with Crippen molar-refractivity contribution in [3.8, 4) is 0 Å². The van der Waals surface area contributed by atoms with Crippen LogP contribution < -0.4 is 5.32 Å². The predicted octanol–water partition coefficient (Wildman–Crippen LogP) is 3.56. The molecular formula is C15H24N2. The van der Waals surface area contributed by atoms with E-state index in [1.165, 1.54) is 18.4 Å². The topological polar surface area (TPSA) is 24.9 Å². The van der Waals surface area contributed by atoms with Gasteiger partial charge in [0.15, 0.2) is 0 Å². The van der Waals surface area contributed by atoms with Crippen molar-refractivity contribution in [2.75, 3.05) is 0 Å². The first-order valence-corrected chi connectivity index (χ1v) is 6.64. The fraction of sp³-hybridized carbons (Fsp3) is 0.667. The molecule has 0 amide bonds. The summed E-state index contributed by atoms with van der Waals surface area (Å²) in [5, 5.41) is 3.76. The summed E-state index contributed by atoms with van der Waals surface area (Å²) >= 11 is 0. The standard InChI is InChI=1S/C15H24N2/c1-11-8-15(3,4)9-14(11)17-12(2)13-6-5-7-16-10-13/h5-7,10-12,14,17H,8-9H2,1-4H3. The van der Waals surface area contributed by atoms with E-state index in [1.807, 2.05) is 18.5 Å². The van der Waals surface area contributed by atoms with Crippen LogP contribution in [0.3, 0.4) is 0 Å². The number of hydrogen-bond donors (Lipinski definition) is 1. The third kappa shape index (κ3) is 3.06. The summed E-state index contributed by atoms with van der Waals surface area (Å²) in [6.07, 6.45) is 6.39. The molecule has 1 aliphatic rings. The third-order valence-electron chi connectivity index (χ3n) is 3.98. The maximum atomic E-state index is 4.19. The fourth-order valence-corrected chi connectivity index (χ4v) is 3.17. The Morgan fingerprint density at radius 3 is 2.71 bits per heavy atom. The molecule has 1 N–H and O–H groups in total. The van der Waals surface area contributed by atoms with Crippen molar-refractivity contribution in [1.82, 2.24) is 10.3 Å². The number of pyridine rings is 1. The zero-order valence-electron chi connectivity index (χ0n) is 11.4. The van der Waals surface area contributed by atoms with Gasteiger partial charge < -0.3 is 5.32 Å². The Hall–Kier alpha value is -0.890. The van der Waals surface area contributed by atoms with Crippen molar-refractivity contribution >= 4 is 0 Å². The Morgan fingerprint density at radius 2 is 2.18 bits per heavy atom. The number of aromatic nitrogens is 1. The quantitative estimate of drug-likeness (QED) is 0.862. The molecule has 3 unspecified atom stereocenters. The summed E-state index contributed by atoms with van der Waals surface area (Å²) in [6.45, 7) is 9.34. The fourth-order valence-electron chi connectivity index (χ4n) is 3.17. The first kappa shape index (κ1) is 12.6. The van der Waals surface area contributed by atoms with Gasteiger partial charge in [-0.1, -0.05) is 26.8 Å². The van der Waals surface area contributed by atoms with E-state index < -0.39 is 0 Å². The van der Waals surface area contributed by atoms with Gasteiger partial charge in [0.1, 0.15) is 0 Å². The van der Waals surface area contributed by atoms with Gasteiger partial charge in [-0.3, -0.25) is 4.98 Å². The van der Waals surface area contributed by atoms with Crippen LogP contribution in [0.1, 0.15) is 52.1 Å². The second-order valence-electron chi connectivity index (χ2n) is 6.33. The molecule has 0 saturated heterocycles. The molecule has 0 aromatic carbocycles. The molecule has 1 fully saturated rings. The van der Waals surface area contributed by atoms with E-state index in [2.05, 4.69) is 44.1 Å². The molecule has 3 atom stereocenters. The summed E-state index contributed by atoms with van der Waals surface area (Å²) in [7, 11) is 0. The molecule has 0 spiro atoms. The zero-order chi connectivity index (χ0) is 12.5. The highest BCUT2D eigenvalue weighted by Crippen LogP contribution is 2.41. The molecule has 2 heteroatoms. The first-order chi connectivity index (χ1) is 7.98. The molecule has 0 bridgehead atoms. The maximum Gasteiger partial charge on any atom is 0.0315 e. The van der Waals surface area contributed by atoms with Crippen LogP contribution in [-0.2, 0) is 0 Å². The molecule has 2 nitrogen and oxygen atoms in total. The summed E-state index contributed by atoms with van der Waals surface area (Å²) in [4.78, 5) is 4.19. The van der Waals surface area contributed by atoms with Crippen LogP contribution in [0.5, 0.6) is 0 Å². The van der Waals surface area contributed by atoms with Crippen molar-refractivity contribution in [2.24, 2.45) is 11.3 Å². The van der Waals surface area contributed by atoms with Crippen LogP contribution in [0.4, 0.5) is 0 Å². The number of nitrogens with one attached hydrogen (secondary N) is 1. The van der Waals surface area contributed by atoms with Gasteiger partial charge in [0.2, 0.25) is 0 Å². The van der Waals surface area contributed by atoms with E-state index in [0.29, 0.717) is 17.5 Å². The van der Waals surface area contributed by atoms with E-state index in [0.717, 1.165) is 5.92 Å². The Kier molecular flexibility index (Phi) is 3.53. The molecule has 0 radical (unpaired) electrons. The predicted molar refractivity (Wildman–Crippen MR) is 71.8 cm³/mol. The lowest BCUT2D eigenvalue weighted by Crippen LogP contribution is -2.33. The van der Waals surface area contributed by atoms with Gasteiger partial charge in [-0.25, -0.2) is 0 Å². The average molecular weight is 232 g/mol. The minimum Gasteiger partial charge on any atom is -0.307 e. The summed E-state index contributed by atoms with van der Waals surface area (Å²) in [5.41, 5.74) is 1.77. The van der Waals surface area contributed by atoms with Crippen molar-refractivity contribution in [1.29, 1.82) is 0 Å². The molecular weight excluding hydrogens is 208 g/mol. The van der Waals surface area contributed by atoms with Crippen LogP contribution in [0.25, 0.3) is 0 Å². The van der Waals surface area contributed by atoms with Crippen LogP contribution in [-0.4, -0.2) is 11.0 Å². The van der Waals surface area contributed by atoms with Crippen molar-refractivity contribution in [2.45, 2.75) is 52.6 Å². The Bertz CT molecular complexity index is 358. The van der Waals surface area contributed by atoms with Gasteiger partial charge in [0.25, 0.3) is 0 Å². The second kappa shape index (κ2) is 4.77. The molecule has 2 rings (SSSR count). The van der Waals surface area contributed by atoms with E-state index in [4.69, 9.17) is 0 Å². The minimum atomic E-state index is 0.394. The summed E-state index contributed by atoms with van der Waals surface area (Å²) in [5.74, 6) is 0.768. The van der Waals surface area contributed by atoms with E-state index in [1.54, 1.807) is 0 Å². The first-order valence-electron chi connectivity index (χ1n) is 6.64. The monoisotopic (exact) mass is 232 g/mol. The molecule has 1 heterocycles. The second-order valence-corrected chi connectivity index (χ2v) is 6.33. The van der Waals surface area contributed by atoms with E-state index in [9.17, 15) is 0 Å². The van der Waals surface area contributed by atoms with Crippen LogP contribution >= 0.6 is 0 Å². The lowest BCUT2D eigenvalue weighted by molar-refractivity contribution is 0.356. The highest BCUT2D eigenvalue weighted by atomic mass is 15.0. The Balaban J connectivity index is 1.98. The van der Waals surface area contributed by atoms with Crippen LogP contribution in [0, 0.1) is 11.3 Å². The normalized spacial score (nSPS) is 29.2. The Morgan fingerprint density at radius 1 is 1.41 bits per heavy atom. The van der Waals surface area contributed by atoms with Crippen LogP contribution in [0.2, 0.25) is 0 Å². The molecule has 1 saturated carbocycles. The largest absolute Gasteiger partial charge is 0.307 e. The highest BCUT2D eigenvalue weighted by Gasteiger charge is 2.36. The van der Waals surface area contributed by atoms with Gasteiger partial charge in [0.05, 0.1) is 0 Å². The van der Waals surface area contributed by atoms with E-state index >= 15 is 0 Å². The zero-order valence-corrected chi connectivity index (χ0v) is 11.4. The van der Waals surface area contributed by atoms with Gasteiger partial charge >= 0.3 is 0 Å². The molecule has 1 aromatic rings. The van der Waals surface area contributed by atoms with Gasteiger partial charge in [-0.05, 0) is 42.7 Å². The molecule has 17 heavy (non-hydrogen) atoms. The summed E-state index contributed by atoms with van der Waals surface area (Å²) < 4.78 is 0. The minimum absolute atomic E-state index is 0.394. The average Bonchev–Trinajstić information content (AvgIpc) is 2.53.